The molecule has 1 aromatic heterocycles. The fraction of sp³-hybridized carbons (Fsp3) is 0.667. The number of aromatic amines is 1. The molecule has 2 aliphatic heterocycles. The minimum atomic E-state index is -0.837. The number of hydrogen-bond donors (Lipinski definition) is 3. The average molecular weight is 443 g/mol. The molecule has 0 spiro atoms. The lowest BCUT2D eigenvalue weighted by atomic mass is 9.98. The number of carboxylic acids is 1. The Bertz CT molecular complexity index is 814. The molecule has 0 saturated carbocycles. The number of amides is 1. The van der Waals surface area contributed by atoms with Gasteiger partial charge in [0.25, 0.3) is 5.91 Å². The fourth-order valence-corrected chi connectivity index (χ4v) is 5.05. The van der Waals surface area contributed by atoms with E-state index in [-0.39, 0.29) is 29.9 Å². The molecule has 1 fully saturated rings. The van der Waals surface area contributed by atoms with Gasteiger partial charge in [-0.2, -0.15) is 0 Å². The molecule has 2 aliphatic rings. The summed E-state index contributed by atoms with van der Waals surface area (Å²) in [6, 6.07) is -0.271. The zero-order valence-electron chi connectivity index (χ0n) is 17.0. The predicted octanol–water partition coefficient (Wildman–Crippen LogP) is 1.30. The lowest BCUT2D eigenvalue weighted by molar-refractivity contribution is -0.136. The highest BCUT2D eigenvalue weighted by atomic mass is 35.5. The van der Waals surface area contributed by atoms with Crippen LogP contribution < -0.4 is 5.32 Å². The molecule has 1 saturated heterocycles. The Kier molecular flexibility index (Phi) is 6.75. The monoisotopic (exact) mass is 442 g/mol. The Morgan fingerprint density at radius 3 is 2.72 bits per heavy atom. The van der Waals surface area contributed by atoms with Crippen molar-refractivity contribution in [1.82, 2.24) is 25.1 Å². The number of carbonyl (C=O) groups is 2. The number of H-pyrrole nitrogens is 1. The normalized spacial score (nSPS) is 27.2. The van der Waals surface area contributed by atoms with Gasteiger partial charge in [0.1, 0.15) is 5.25 Å². The van der Waals surface area contributed by atoms with Crippen LogP contribution in [0.15, 0.2) is 4.99 Å². The summed E-state index contributed by atoms with van der Waals surface area (Å²) in [4.78, 5) is 39.9. The number of carboxylic acid groups (broad SMARTS) is 1. The maximum Gasteiger partial charge on any atom is 0.319 e. The molecule has 3 heterocycles. The lowest BCUT2D eigenvalue weighted by Gasteiger charge is -2.42. The SMILES string of the molecule is CCc1[nH]c(C(=O)N[C@@H]2CCN(C3=NC(C)C(C(=O)O)S3)C[C@H]2N(C)C)nc1Cl. The first kappa shape index (κ1) is 21.9. The van der Waals surface area contributed by atoms with Crippen LogP contribution in [0.4, 0.5) is 0 Å². The minimum Gasteiger partial charge on any atom is -0.480 e. The van der Waals surface area contributed by atoms with Crippen LogP contribution >= 0.6 is 23.4 Å². The van der Waals surface area contributed by atoms with Crippen molar-refractivity contribution in [1.29, 1.82) is 0 Å². The molecule has 0 radical (unpaired) electrons. The molecule has 3 rings (SSSR count). The van der Waals surface area contributed by atoms with E-state index in [4.69, 9.17) is 11.6 Å². The van der Waals surface area contributed by atoms with Crippen molar-refractivity contribution in [3.63, 3.8) is 0 Å². The molecule has 1 aromatic rings. The minimum absolute atomic E-state index is 0.0475. The van der Waals surface area contributed by atoms with Crippen LogP contribution in [0.3, 0.4) is 0 Å². The summed E-state index contributed by atoms with van der Waals surface area (Å²) >= 11 is 7.36. The van der Waals surface area contributed by atoms with E-state index in [1.807, 2.05) is 27.9 Å². The van der Waals surface area contributed by atoms with E-state index in [0.717, 1.165) is 17.3 Å². The quantitative estimate of drug-likeness (QED) is 0.629. The Labute approximate surface area is 179 Å². The first-order valence-corrected chi connectivity index (χ1v) is 10.9. The number of likely N-dealkylation sites (N-methyl/N-ethyl adjacent to an activating group) is 1. The highest BCUT2D eigenvalue weighted by molar-refractivity contribution is 8.15. The zero-order valence-corrected chi connectivity index (χ0v) is 18.5. The number of hydrogen-bond acceptors (Lipinski definition) is 7. The Morgan fingerprint density at radius 2 is 2.17 bits per heavy atom. The highest BCUT2D eigenvalue weighted by Gasteiger charge is 2.39. The molecule has 2 unspecified atom stereocenters. The van der Waals surface area contributed by atoms with Crippen molar-refractivity contribution >= 4 is 40.4 Å². The second-order valence-corrected chi connectivity index (χ2v) is 9.05. The van der Waals surface area contributed by atoms with Gasteiger partial charge in [0.2, 0.25) is 0 Å². The van der Waals surface area contributed by atoms with Crippen LogP contribution in [-0.4, -0.2) is 92.5 Å². The van der Waals surface area contributed by atoms with Gasteiger partial charge in [-0.25, -0.2) is 4.98 Å². The summed E-state index contributed by atoms with van der Waals surface area (Å²) in [7, 11) is 3.94. The summed E-state index contributed by atoms with van der Waals surface area (Å²) in [5, 5.41) is 13.0. The van der Waals surface area contributed by atoms with E-state index < -0.39 is 11.2 Å². The van der Waals surface area contributed by atoms with Gasteiger partial charge in [-0.1, -0.05) is 30.3 Å². The van der Waals surface area contributed by atoms with Crippen molar-refractivity contribution < 1.29 is 14.7 Å². The maximum atomic E-state index is 12.7. The zero-order chi connectivity index (χ0) is 21.3. The predicted molar refractivity (Wildman–Crippen MR) is 114 cm³/mol. The van der Waals surface area contributed by atoms with Crippen LogP contribution in [0.5, 0.6) is 0 Å². The number of aryl methyl sites for hydroxylation is 1. The van der Waals surface area contributed by atoms with Gasteiger partial charge < -0.3 is 25.2 Å². The van der Waals surface area contributed by atoms with Crippen LogP contribution in [0, 0.1) is 0 Å². The molecule has 0 aromatic carbocycles. The molecule has 0 aliphatic carbocycles. The smallest absolute Gasteiger partial charge is 0.319 e. The number of thioether (sulfide) groups is 1. The summed E-state index contributed by atoms with van der Waals surface area (Å²) in [6.07, 6.45) is 1.39. The summed E-state index contributed by atoms with van der Waals surface area (Å²) in [6.45, 7) is 5.12. The molecule has 1 amide bonds. The van der Waals surface area contributed by atoms with Crippen LogP contribution in [0.2, 0.25) is 5.15 Å². The van der Waals surface area contributed by atoms with Crippen LogP contribution in [0.1, 0.15) is 36.6 Å². The third kappa shape index (κ3) is 4.70. The molecule has 9 nitrogen and oxygen atoms in total. The first-order valence-electron chi connectivity index (χ1n) is 9.65. The van der Waals surface area contributed by atoms with Crippen molar-refractivity contribution in [2.75, 3.05) is 27.2 Å². The van der Waals surface area contributed by atoms with Crippen LogP contribution in [0.25, 0.3) is 0 Å². The topological polar surface area (TPSA) is 114 Å². The van der Waals surface area contributed by atoms with Gasteiger partial charge in [0.05, 0.1) is 11.7 Å². The van der Waals surface area contributed by atoms with Gasteiger partial charge in [-0.15, -0.1) is 0 Å². The Hall–Kier alpha value is -1.78. The third-order valence-electron chi connectivity index (χ3n) is 5.36. The number of imidazole rings is 1. The molecule has 11 heteroatoms. The molecule has 160 valence electrons. The van der Waals surface area contributed by atoms with Crippen molar-refractivity contribution in [3.05, 3.63) is 16.7 Å². The van der Waals surface area contributed by atoms with Crippen molar-refractivity contribution in [2.45, 2.75) is 50.1 Å². The number of rotatable bonds is 5. The van der Waals surface area contributed by atoms with Gasteiger partial charge >= 0.3 is 5.97 Å². The molecular formula is C18H27ClN6O3S. The number of aromatic nitrogens is 2. The number of piperidine rings is 1. The number of nitrogens with zero attached hydrogens (tertiary/aromatic N) is 4. The van der Waals surface area contributed by atoms with Gasteiger partial charge in [0, 0.05) is 25.2 Å². The summed E-state index contributed by atoms with van der Waals surface area (Å²) < 4.78 is 0. The number of carbonyl (C=O) groups excluding carboxylic acids is 1. The number of aliphatic imine (C=N–C) groups is 1. The van der Waals surface area contributed by atoms with Gasteiger partial charge in [-0.05, 0) is 33.9 Å². The Morgan fingerprint density at radius 1 is 1.45 bits per heavy atom. The summed E-state index contributed by atoms with van der Waals surface area (Å²) in [5.74, 6) is -0.888. The molecule has 0 bridgehead atoms. The van der Waals surface area contributed by atoms with Crippen molar-refractivity contribution in [2.24, 2.45) is 4.99 Å². The Balaban J connectivity index is 1.67. The van der Waals surface area contributed by atoms with E-state index in [9.17, 15) is 14.7 Å². The van der Waals surface area contributed by atoms with Gasteiger partial charge in [-0.3, -0.25) is 14.6 Å². The number of nitrogens with one attached hydrogen (secondary N) is 2. The van der Waals surface area contributed by atoms with Gasteiger partial charge in [0.15, 0.2) is 16.1 Å². The molecule has 3 N–H and O–H groups in total. The second-order valence-electron chi connectivity index (χ2n) is 7.58. The maximum absolute atomic E-state index is 12.7. The molecule has 29 heavy (non-hydrogen) atoms. The van der Waals surface area contributed by atoms with E-state index in [1.165, 1.54) is 11.8 Å². The number of likely N-dealkylation sites (tertiary alicyclic amines) is 1. The highest BCUT2D eigenvalue weighted by Crippen LogP contribution is 2.31. The second kappa shape index (κ2) is 8.93. The van der Waals surface area contributed by atoms with Crippen LogP contribution in [-0.2, 0) is 11.2 Å². The van der Waals surface area contributed by atoms with E-state index >= 15 is 0 Å². The average Bonchev–Trinajstić information content (AvgIpc) is 3.24. The number of halogens is 1. The largest absolute Gasteiger partial charge is 0.480 e. The van der Waals surface area contributed by atoms with E-state index in [0.29, 0.717) is 24.7 Å². The van der Waals surface area contributed by atoms with E-state index in [1.54, 1.807) is 0 Å². The first-order chi connectivity index (χ1) is 13.7. The number of aliphatic carboxylic acids is 1. The third-order valence-corrected chi connectivity index (χ3v) is 7.09. The van der Waals surface area contributed by atoms with E-state index in [2.05, 4.69) is 30.1 Å². The molecule has 4 atom stereocenters. The standard InChI is InChI=1S/C18H27ClN6O3S/c1-5-10-14(19)23-15(21-10)16(26)22-11-6-7-25(8-12(11)24(3)4)18-20-9(2)13(29-18)17(27)28/h9,11-13H,5-8H2,1-4H3,(H,21,23)(H,22,26)(H,27,28)/t9?,11-,12-,13?/m1/s1. The van der Waals surface area contributed by atoms with Crippen molar-refractivity contribution in [3.8, 4) is 0 Å². The number of amidine groups is 1. The molecular weight excluding hydrogens is 416 g/mol. The lowest BCUT2D eigenvalue weighted by Crippen LogP contribution is -2.59. The summed E-state index contributed by atoms with van der Waals surface area (Å²) in [5.41, 5.74) is 0.745. The fourth-order valence-electron chi connectivity index (χ4n) is 3.66.